The highest BCUT2D eigenvalue weighted by molar-refractivity contribution is 7.09. The Morgan fingerprint density at radius 3 is 2.73 bits per heavy atom. The Labute approximate surface area is 170 Å². The van der Waals surface area contributed by atoms with Gasteiger partial charge in [-0.1, -0.05) is 6.07 Å². The molecule has 2 heterocycles. The van der Waals surface area contributed by atoms with E-state index >= 15 is 0 Å². The Morgan fingerprint density at radius 2 is 2.04 bits per heavy atom. The van der Waals surface area contributed by atoms with E-state index in [9.17, 15) is 4.79 Å². The highest BCUT2D eigenvalue weighted by Gasteiger charge is 2.48. The van der Waals surface area contributed by atoms with Crippen molar-refractivity contribution < 1.29 is 4.79 Å². The fourth-order valence-corrected chi connectivity index (χ4v) is 4.99. The number of carbonyl (C=O) groups is 1. The monoisotopic (exact) mass is 414 g/mol. The zero-order valence-electron chi connectivity index (χ0n) is 14.3. The van der Waals surface area contributed by atoms with Crippen LogP contribution in [0.2, 0.25) is 0 Å². The Balaban J connectivity index is 0.00000121. The van der Waals surface area contributed by atoms with Gasteiger partial charge in [0.15, 0.2) is 0 Å². The van der Waals surface area contributed by atoms with Crippen LogP contribution in [0, 0.1) is 17.8 Å². The van der Waals surface area contributed by atoms with Gasteiger partial charge in [-0.3, -0.25) is 9.78 Å². The molecule has 4 atom stereocenters. The van der Waals surface area contributed by atoms with Crippen molar-refractivity contribution in [1.29, 1.82) is 0 Å². The van der Waals surface area contributed by atoms with Crippen molar-refractivity contribution in [3.8, 4) is 11.4 Å². The van der Waals surface area contributed by atoms with Crippen LogP contribution in [0.3, 0.4) is 0 Å². The summed E-state index contributed by atoms with van der Waals surface area (Å²) in [7, 11) is 0. The molecule has 2 aromatic heterocycles. The molecule has 2 aliphatic rings. The summed E-state index contributed by atoms with van der Waals surface area (Å²) in [5.41, 5.74) is 8.02. The molecule has 2 bridgehead atoms. The van der Waals surface area contributed by atoms with Crippen molar-refractivity contribution in [1.82, 2.24) is 15.3 Å². The third-order valence-corrected chi connectivity index (χ3v) is 6.31. The van der Waals surface area contributed by atoms with Crippen molar-refractivity contribution in [2.75, 3.05) is 6.54 Å². The maximum Gasteiger partial charge on any atom is 0.224 e. The average molecular weight is 415 g/mol. The largest absolute Gasteiger partial charge is 0.355 e. The summed E-state index contributed by atoms with van der Waals surface area (Å²) in [6, 6.07) is 5.86. The molecule has 0 saturated heterocycles. The first-order valence-corrected chi connectivity index (χ1v) is 9.49. The van der Waals surface area contributed by atoms with Crippen LogP contribution in [0.15, 0.2) is 29.8 Å². The normalized spacial score (nSPS) is 26.0. The number of pyridine rings is 1. The molecule has 2 aliphatic carbocycles. The lowest BCUT2D eigenvalue weighted by atomic mass is 9.84. The number of amides is 1. The number of rotatable bonds is 5. The minimum absolute atomic E-state index is 0. The lowest BCUT2D eigenvalue weighted by Gasteiger charge is -2.26. The molecule has 1 amide bonds. The molecule has 4 rings (SSSR count). The predicted molar refractivity (Wildman–Crippen MR) is 109 cm³/mol. The zero-order valence-corrected chi connectivity index (χ0v) is 16.8. The quantitative estimate of drug-likeness (QED) is 0.787. The predicted octanol–water partition coefficient (Wildman–Crippen LogP) is 3.08. The molecular weight excluding hydrogens is 391 g/mol. The molecule has 2 fully saturated rings. The Bertz CT molecular complexity index is 725. The number of thiazole rings is 1. The highest BCUT2D eigenvalue weighted by atomic mass is 35.5. The van der Waals surface area contributed by atoms with Gasteiger partial charge in [-0.05, 0) is 43.2 Å². The van der Waals surface area contributed by atoms with Gasteiger partial charge in [0.05, 0.1) is 22.3 Å². The second kappa shape index (κ2) is 9.13. The van der Waals surface area contributed by atoms with E-state index < -0.39 is 0 Å². The fraction of sp³-hybridized carbons (Fsp3) is 0.500. The van der Waals surface area contributed by atoms with Crippen LogP contribution in [0.5, 0.6) is 0 Å². The Hall–Kier alpha value is -1.21. The van der Waals surface area contributed by atoms with Crippen LogP contribution < -0.4 is 11.1 Å². The number of fused-ring (bicyclic) bond motifs is 2. The van der Waals surface area contributed by atoms with E-state index in [1.807, 2.05) is 23.6 Å². The molecule has 5 nitrogen and oxygen atoms in total. The molecule has 0 aliphatic heterocycles. The molecule has 26 heavy (non-hydrogen) atoms. The van der Waals surface area contributed by atoms with E-state index in [2.05, 4.69) is 15.3 Å². The number of hydrogen-bond acceptors (Lipinski definition) is 5. The first kappa shape index (κ1) is 21.1. The van der Waals surface area contributed by atoms with Gasteiger partial charge < -0.3 is 11.1 Å². The second-order valence-electron chi connectivity index (χ2n) is 6.82. The van der Waals surface area contributed by atoms with Gasteiger partial charge in [0.1, 0.15) is 0 Å². The van der Waals surface area contributed by atoms with Crippen LogP contribution in [0.1, 0.15) is 24.3 Å². The van der Waals surface area contributed by atoms with Gasteiger partial charge in [0.25, 0.3) is 0 Å². The number of nitrogens with zero attached hydrogens (tertiary/aromatic N) is 2. The smallest absolute Gasteiger partial charge is 0.224 e. The third-order valence-electron chi connectivity index (χ3n) is 5.40. The van der Waals surface area contributed by atoms with Crippen LogP contribution in [0.4, 0.5) is 0 Å². The molecule has 0 aromatic carbocycles. The third kappa shape index (κ3) is 4.19. The summed E-state index contributed by atoms with van der Waals surface area (Å²) >= 11 is 1.61. The molecule has 2 aromatic rings. The Kier molecular flexibility index (Phi) is 7.41. The molecule has 0 spiro atoms. The SMILES string of the molecule is Cl.Cl.NC1C2CCC(C2)C1C(=O)NCCc1nc(-c2ccccn2)cs1. The molecule has 142 valence electrons. The number of nitrogens with one attached hydrogen (secondary N) is 1. The van der Waals surface area contributed by atoms with Gasteiger partial charge in [-0.2, -0.15) is 0 Å². The van der Waals surface area contributed by atoms with Gasteiger partial charge in [-0.15, -0.1) is 36.2 Å². The lowest BCUT2D eigenvalue weighted by Crippen LogP contribution is -2.45. The second-order valence-corrected chi connectivity index (χ2v) is 7.76. The van der Waals surface area contributed by atoms with Crippen molar-refractivity contribution in [3.05, 3.63) is 34.8 Å². The van der Waals surface area contributed by atoms with E-state index in [1.54, 1.807) is 17.5 Å². The van der Waals surface area contributed by atoms with Crippen molar-refractivity contribution >= 4 is 42.1 Å². The molecule has 3 N–H and O–H groups in total. The first-order valence-electron chi connectivity index (χ1n) is 8.61. The van der Waals surface area contributed by atoms with Gasteiger partial charge in [0, 0.05) is 30.6 Å². The summed E-state index contributed by atoms with van der Waals surface area (Å²) in [5, 5.41) is 6.11. The number of halogens is 2. The number of aromatic nitrogens is 2. The standard InChI is InChI=1S/C18H22N4OS.2ClH/c19-17-12-5-4-11(9-12)16(17)18(23)21-8-6-15-22-14(10-24-15)13-3-1-2-7-20-13;;/h1-3,7,10-12,16-17H,4-6,8-9,19H2,(H,21,23);2*1H. The summed E-state index contributed by atoms with van der Waals surface area (Å²) in [6.07, 6.45) is 6.02. The number of nitrogens with two attached hydrogens (primary N) is 1. The summed E-state index contributed by atoms with van der Waals surface area (Å²) in [4.78, 5) is 21.4. The van der Waals surface area contributed by atoms with E-state index in [0.29, 0.717) is 18.4 Å². The van der Waals surface area contributed by atoms with Gasteiger partial charge >= 0.3 is 0 Å². The van der Waals surface area contributed by atoms with Crippen molar-refractivity contribution in [2.24, 2.45) is 23.5 Å². The maximum atomic E-state index is 12.4. The van der Waals surface area contributed by atoms with E-state index in [1.165, 1.54) is 6.42 Å². The highest BCUT2D eigenvalue weighted by Crippen LogP contribution is 2.47. The molecule has 4 unspecified atom stereocenters. The van der Waals surface area contributed by atoms with E-state index in [4.69, 9.17) is 5.73 Å². The molecule has 0 radical (unpaired) electrons. The van der Waals surface area contributed by atoms with Gasteiger partial charge in [-0.25, -0.2) is 4.98 Å². The zero-order chi connectivity index (χ0) is 16.5. The van der Waals surface area contributed by atoms with E-state index in [-0.39, 0.29) is 42.7 Å². The number of hydrogen-bond donors (Lipinski definition) is 2. The van der Waals surface area contributed by atoms with Crippen LogP contribution in [-0.2, 0) is 11.2 Å². The van der Waals surface area contributed by atoms with Crippen LogP contribution in [0.25, 0.3) is 11.4 Å². The van der Waals surface area contributed by atoms with Crippen LogP contribution >= 0.6 is 36.2 Å². The molecule has 2 saturated carbocycles. The van der Waals surface area contributed by atoms with E-state index in [0.717, 1.165) is 35.7 Å². The van der Waals surface area contributed by atoms with Crippen LogP contribution in [-0.4, -0.2) is 28.5 Å². The Morgan fingerprint density at radius 1 is 1.23 bits per heavy atom. The summed E-state index contributed by atoms with van der Waals surface area (Å²) < 4.78 is 0. The maximum absolute atomic E-state index is 12.4. The summed E-state index contributed by atoms with van der Waals surface area (Å²) in [5.74, 6) is 1.21. The first-order chi connectivity index (χ1) is 11.7. The average Bonchev–Trinajstić information content (AvgIpc) is 3.31. The topological polar surface area (TPSA) is 80.9 Å². The number of carbonyl (C=O) groups excluding carboxylic acids is 1. The van der Waals surface area contributed by atoms with Crippen molar-refractivity contribution in [3.63, 3.8) is 0 Å². The van der Waals surface area contributed by atoms with Crippen molar-refractivity contribution in [2.45, 2.75) is 31.7 Å². The minimum atomic E-state index is 0. The fourth-order valence-electron chi connectivity index (χ4n) is 4.19. The lowest BCUT2D eigenvalue weighted by molar-refractivity contribution is -0.127. The molecular formula is C18H24Cl2N4OS. The molecule has 8 heteroatoms. The minimum Gasteiger partial charge on any atom is -0.355 e. The van der Waals surface area contributed by atoms with Gasteiger partial charge in [0.2, 0.25) is 5.91 Å². The summed E-state index contributed by atoms with van der Waals surface area (Å²) in [6.45, 7) is 0.620.